The van der Waals surface area contributed by atoms with Crippen LogP contribution < -0.4 is 10.1 Å². The second kappa shape index (κ2) is 6.40. The zero-order chi connectivity index (χ0) is 11.1. The molecule has 3 heteroatoms. The summed E-state index contributed by atoms with van der Waals surface area (Å²) in [6.07, 6.45) is 4.70. The lowest BCUT2D eigenvalue weighted by atomic mass is 10.1. The summed E-state index contributed by atoms with van der Waals surface area (Å²) in [5.74, 6) is 1.62. The molecule has 0 aliphatic carbocycles. The van der Waals surface area contributed by atoms with Crippen molar-refractivity contribution in [3.05, 3.63) is 24.0 Å². The van der Waals surface area contributed by atoms with E-state index in [1.54, 1.807) is 6.20 Å². The van der Waals surface area contributed by atoms with Gasteiger partial charge < -0.3 is 10.1 Å². The molecule has 84 valence electrons. The lowest BCUT2D eigenvalue weighted by molar-refractivity contribution is 0.286. The van der Waals surface area contributed by atoms with Gasteiger partial charge in [0, 0.05) is 24.5 Å². The average molecular weight is 208 g/mol. The quantitative estimate of drug-likeness (QED) is 0.778. The van der Waals surface area contributed by atoms with Gasteiger partial charge in [-0.15, -0.1) is 0 Å². The van der Waals surface area contributed by atoms with E-state index in [2.05, 4.69) is 24.1 Å². The first-order valence-corrected chi connectivity index (χ1v) is 5.44. The first kappa shape index (κ1) is 12.0. The van der Waals surface area contributed by atoms with Gasteiger partial charge in [-0.3, -0.25) is 4.98 Å². The van der Waals surface area contributed by atoms with Crippen molar-refractivity contribution in [3.8, 4) is 5.75 Å². The molecule has 1 rings (SSSR count). The number of hydrogen-bond donors (Lipinski definition) is 1. The fraction of sp³-hybridized carbons (Fsp3) is 0.583. The number of pyridine rings is 1. The van der Waals surface area contributed by atoms with Gasteiger partial charge in [0.15, 0.2) is 0 Å². The molecular weight excluding hydrogens is 188 g/mol. The summed E-state index contributed by atoms with van der Waals surface area (Å²) in [4.78, 5) is 4.09. The summed E-state index contributed by atoms with van der Waals surface area (Å²) in [6.45, 7) is 5.97. The summed E-state index contributed by atoms with van der Waals surface area (Å²) < 4.78 is 5.72. The first-order chi connectivity index (χ1) is 7.24. The molecule has 0 fully saturated rings. The van der Waals surface area contributed by atoms with Crippen LogP contribution in [-0.2, 0) is 6.54 Å². The van der Waals surface area contributed by atoms with E-state index in [9.17, 15) is 0 Å². The van der Waals surface area contributed by atoms with Crippen LogP contribution in [0.25, 0.3) is 0 Å². The number of ether oxygens (including phenoxy) is 1. The van der Waals surface area contributed by atoms with Gasteiger partial charge in [-0.05, 0) is 25.5 Å². The molecule has 15 heavy (non-hydrogen) atoms. The Hall–Kier alpha value is -1.09. The van der Waals surface area contributed by atoms with Crippen molar-refractivity contribution >= 4 is 0 Å². The monoisotopic (exact) mass is 208 g/mol. The predicted octanol–water partition coefficient (Wildman–Crippen LogP) is 2.23. The molecule has 1 heterocycles. The molecule has 0 aliphatic rings. The molecule has 0 spiro atoms. The third kappa shape index (κ3) is 4.30. The van der Waals surface area contributed by atoms with Crippen molar-refractivity contribution in [2.75, 3.05) is 13.7 Å². The Morgan fingerprint density at radius 1 is 1.47 bits per heavy atom. The van der Waals surface area contributed by atoms with E-state index >= 15 is 0 Å². The van der Waals surface area contributed by atoms with Crippen LogP contribution in [0.3, 0.4) is 0 Å². The second-order valence-electron chi connectivity index (χ2n) is 4.04. The maximum atomic E-state index is 5.72. The summed E-state index contributed by atoms with van der Waals surface area (Å²) in [5.41, 5.74) is 1.11. The molecule has 0 saturated heterocycles. The van der Waals surface area contributed by atoms with Gasteiger partial charge in [-0.2, -0.15) is 0 Å². The lowest BCUT2D eigenvalue weighted by Gasteiger charge is -2.11. The number of aromatic nitrogens is 1. The topological polar surface area (TPSA) is 34.2 Å². The molecule has 0 atom stereocenters. The van der Waals surface area contributed by atoms with E-state index in [0.717, 1.165) is 30.9 Å². The Labute approximate surface area is 91.9 Å². The normalized spacial score (nSPS) is 10.7. The van der Waals surface area contributed by atoms with Gasteiger partial charge in [-0.25, -0.2) is 0 Å². The highest BCUT2D eigenvalue weighted by molar-refractivity contribution is 5.29. The summed E-state index contributed by atoms with van der Waals surface area (Å²) in [6, 6.07) is 1.92. The molecule has 1 N–H and O–H groups in total. The molecule has 0 saturated carbocycles. The van der Waals surface area contributed by atoms with Gasteiger partial charge in [0.25, 0.3) is 0 Å². The van der Waals surface area contributed by atoms with E-state index in [-0.39, 0.29) is 0 Å². The highest BCUT2D eigenvalue weighted by Gasteiger charge is 2.02. The number of nitrogens with zero attached hydrogens (tertiary/aromatic N) is 1. The maximum Gasteiger partial charge on any atom is 0.126 e. The first-order valence-electron chi connectivity index (χ1n) is 5.44. The van der Waals surface area contributed by atoms with Gasteiger partial charge in [0.1, 0.15) is 5.75 Å². The molecular formula is C12H20N2O. The van der Waals surface area contributed by atoms with Crippen LogP contribution >= 0.6 is 0 Å². The van der Waals surface area contributed by atoms with Gasteiger partial charge in [0.05, 0.1) is 6.61 Å². The summed E-state index contributed by atoms with van der Waals surface area (Å²) in [7, 11) is 1.92. The minimum Gasteiger partial charge on any atom is -0.493 e. The molecule has 0 amide bonds. The van der Waals surface area contributed by atoms with Crippen molar-refractivity contribution in [3.63, 3.8) is 0 Å². The van der Waals surface area contributed by atoms with Crippen molar-refractivity contribution < 1.29 is 4.74 Å². The molecule has 0 unspecified atom stereocenters. The number of nitrogens with one attached hydrogen (secondary N) is 1. The Kier molecular flexibility index (Phi) is 5.12. The summed E-state index contributed by atoms with van der Waals surface area (Å²) >= 11 is 0. The fourth-order valence-corrected chi connectivity index (χ4v) is 1.28. The maximum absolute atomic E-state index is 5.72. The second-order valence-corrected chi connectivity index (χ2v) is 4.04. The van der Waals surface area contributed by atoms with Crippen LogP contribution in [0.4, 0.5) is 0 Å². The average Bonchev–Trinajstić information content (AvgIpc) is 2.20. The molecule has 0 bridgehead atoms. The smallest absolute Gasteiger partial charge is 0.126 e. The number of hydrogen-bond acceptors (Lipinski definition) is 3. The zero-order valence-corrected chi connectivity index (χ0v) is 9.79. The van der Waals surface area contributed by atoms with E-state index in [1.165, 1.54) is 0 Å². The Morgan fingerprint density at radius 2 is 2.27 bits per heavy atom. The van der Waals surface area contributed by atoms with Crippen LogP contribution in [0.2, 0.25) is 0 Å². The van der Waals surface area contributed by atoms with Gasteiger partial charge in [-0.1, -0.05) is 13.8 Å². The van der Waals surface area contributed by atoms with E-state index in [0.29, 0.717) is 5.92 Å². The fourth-order valence-electron chi connectivity index (χ4n) is 1.28. The molecule has 1 aromatic rings. The third-order valence-corrected chi connectivity index (χ3v) is 2.18. The lowest BCUT2D eigenvalue weighted by Crippen LogP contribution is -2.09. The molecule has 0 radical (unpaired) electrons. The highest BCUT2D eigenvalue weighted by atomic mass is 16.5. The minimum absolute atomic E-state index is 0.680. The van der Waals surface area contributed by atoms with Gasteiger partial charge in [0.2, 0.25) is 0 Å². The van der Waals surface area contributed by atoms with Crippen LogP contribution in [-0.4, -0.2) is 18.6 Å². The van der Waals surface area contributed by atoms with Crippen LogP contribution in [0.1, 0.15) is 25.8 Å². The Balaban J connectivity index is 2.51. The van der Waals surface area contributed by atoms with Crippen molar-refractivity contribution in [1.29, 1.82) is 0 Å². The van der Waals surface area contributed by atoms with Crippen molar-refractivity contribution in [2.24, 2.45) is 5.92 Å². The van der Waals surface area contributed by atoms with Crippen LogP contribution in [0.5, 0.6) is 5.75 Å². The van der Waals surface area contributed by atoms with Gasteiger partial charge >= 0.3 is 0 Å². The number of rotatable bonds is 6. The molecule has 3 nitrogen and oxygen atoms in total. The van der Waals surface area contributed by atoms with Crippen LogP contribution in [0.15, 0.2) is 18.5 Å². The van der Waals surface area contributed by atoms with E-state index in [1.807, 2.05) is 19.3 Å². The Bertz CT molecular complexity index is 287. The standard InChI is InChI=1S/C12H20N2O/c1-10(2)5-7-15-12-4-6-14-9-11(12)8-13-3/h4,6,9-10,13H,5,7-8H2,1-3H3. The molecule has 1 aromatic heterocycles. The van der Waals surface area contributed by atoms with E-state index in [4.69, 9.17) is 4.74 Å². The van der Waals surface area contributed by atoms with Crippen LogP contribution in [0, 0.1) is 5.92 Å². The van der Waals surface area contributed by atoms with Crippen molar-refractivity contribution in [1.82, 2.24) is 10.3 Å². The molecule has 0 aromatic carbocycles. The third-order valence-electron chi connectivity index (χ3n) is 2.18. The van der Waals surface area contributed by atoms with Crippen molar-refractivity contribution in [2.45, 2.75) is 26.8 Å². The predicted molar refractivity (Wildman–Crippen MR) is 62.0 cm³/mol. The Morgan fingerprint density at radius 3 is 2.93 bits per heavy atom. The SMILES string of the molecule is CNCc1cnccc1OCCC(C)C. The molecule has 0 aliphatic heterocycles. The minimum atomic E-state index is 0.680. The highest BCUT2D eigenvalue weighted by Crippen LogP contribution is 2.16. The van der Waals surface area contributed by atoms with E-state index < -0.39 is 0 Å². The largest absolute Gasteiger partial charge is 0.493 e. The summed E-state index contributed by atoms with van der Waals surface area (Å²) in [5, 5.41) is 3.10. The zero-order valence-electron chi connectivity index (χ0n) is 9.79.